The molecule has 0 aromatic heterocycles. The molecule has 1 saturated heterocycles. The van der Waals surface area contributed by atoms with E-state index in [9.17, 15) is 0 Å². The highest BCUT2D eigenvalue weighted by Gasteiger charge is 2.24. The molecule has 1 unspecified atom stereocenters. The highest BCUT2D eigenvalue weighted by atomic mass is 35.5. The van der Waals surface area contributed by atoms with Gasteiger partial charge in [-0.1, -0.05) is 29.8 Å². The number of halogens is 1. The molecule has 2 aromatic carbocycles. The molecule has 3 nitrogen and oxygen atoms in total. The third kappa shape index (κ3) is 5.35. The van der Waals surface area contributed by atoms with E-state index in [2.05, 4.69) is 39.8 Å². The van der Waals surface area contributed by atoms with Crippen LogP contribution in [0.1, 0.15) is 25.7 Å². The third-order valence-corrected chi connectivity index (χ3v) is 5.15. The maximum absolute atomic E-state index is 5.95. The lowest BCUT2D eigenvalue weighted by atomic mass is 10.00. The average Bonchev–Trinajstić information content (AvgIpc) is 2.65. The van der Waals surface area contributed by atoms with Crippen LogP contribution in [0, 0.1) is 0 Å². The van der Waals surface area contributed by atoms with Gasteiger partial charge in [0.1, 0.15) is 0 Å². The first-order chi connectivity index (χ1) is 12.2. The number of nitrogens with one attached hydrogen (secondary N) is 2. The van der Waals surface area contributed by atoms with Crippen molar-refractivity contribution in [3.8, 4) is 0 Å². The molecule has 0 aliphatic carbocycles. The topological polar surface area (TPSA) is 27.3 Å². The molecule has 1 atom stereocenters. The first-order valence-corrected chi connectivity index (χ1v) is 9.63. The van der Waals surface area contributed by atoms with Crippen molar-refractivity contribution in [2.75, 3.05) is 23.7 Å². The van der Waals surface area contributed by atoms with E-state index in [1.54, 1.807) is 0 Å². The van der Waals surface area contributed by atoms with Crippen LogP contribution in [0.5, 0.6) is 0 Å². The quantitative estimate of drug-likeness (QED) is 0.687. The number of hydrogen-bond acceptors (Lipinski definition) is 2. The zero-order valence-corrected chi connectivity index (χ0v) is 15.8. The normalized spacial score (nSPS) is 17.2. The van der Waals surface area contributed by atoms with Gasteiger partial charge >= 0.3 is 0 Å². The Morgan fingerprint density at radius 1 is 1.04 bits per heavy atom. The molecule has 1 aliphatic heterocycles. The van der Waals surface area contributed by atoms with Gasteiger partial charge in [-0.2, -0.15) is 0 Å². The molecule has 5 heteroatoms. The number of hydrogen-bond donors (Lipinski definition) is 2. The van der Waals surface area contributed by atoms with Crippen molar-refractivity contribution in [3.63, 3.8) is 0 Å². The van der Waals surface area contributed by atoms with E-state index in [1.807, 2.05) is 30.3 Å². The van der Waals surface area contributed by atoms with Crippen molar-refractivity contribution in [2.45, 2.75) is 31.7 Å². The molecule has 0 spiro atoms. The standard InChI is InChI=1S/C20H24ClN3S/c21-16-9-11-18(12-10-16)23-20(25)24-15-5-4-8-19(24)13-14-22-17-6-2-1-3-7-17/h1-3,6-7,9-12,19,22H,4-5,8,13-15H2,(H,23,25). The molecule has 3 rings (SSSR count). The number of likely N-dealkylation sites (tertiary alicyclic amines) is 1. The second kappa shape index (κ2) is 9.07. The van der Waals surface area contributed by atoms with Gasteiger partial charge in [-0.15, -0.1) is 0 Å². The average molecular weight is 374 g/mol. The van der Waals surface area contributed by atoms with E-state index in [-0.39, 0.29) is 0 Å². The minimum absolute atomic E-state index is 0.484. The van der Waals surface area contributed by atoms with Crippen LogP contribution >= 0.6 is 23.8 Å². The van der Waals surface area contributed by atoms with Gasteiger partial charge in [0.25, 0.3) is 0 Å². The fourth-order valence-corrected chi connectivity index (χ4v) is 3.72. The zero-order chi connectivity index (χ0) is 17.5. The predicted octanol–water partition coefficient (Wildman–Crippen LogP) is 5.39. The smallest absolute Gasteiger partial charge is 0.173 e. The van der Waals surface area contributed by atoms with E-state index < -0.39 is 0 Å². The van der Waals surface area contributed by atoms with Gasteiger partial charge in [-0.3, -0.25) is 0 Å². The Kier molecular flexibility index (Phi) is 6.54. The molecular formula is C20H24ClN3S. The van der Waals surface area contributed by atoms with E-state index >= 15 is 0 Å². The maximum Gasteiger partial charge on any atom is 0.173 e. The first kappa shape index (κ1) is 18.0. The molecule has 2 aromatic rings. The highest BCUT2D eigenvalue weighted by Crippen LogP contribution is 2.22. The molecule has 0 radical (unpaired) electrons. The summed E-state index contributed by atoms with van der Waals surface area (Å²) in [7, 11) is 0. The van der Waals surface area contributed by atoms with Crippen LogP contribution in [0.15, 0.2) is 54.6 Å². The van der Waals surface area contributed by atoms with E-state index in [1.165, 1.54) is 24.9 Å². The van der Waals surface area contributed by atoms with Gasteiger partial charge in [-0.25, -0.2) is 0 Å². The van der Waals surface area contributed by atoms with Crippen LogP contribution in [-0.4, -0.2) is 29.1 Å². The lowest BCUT2D eigenvalue weighted by Gasteiger charge is -2.38. The Morgan fingerprint density at radius 2 is 1.80 bits per heavy atom. The number of benzene rings is 2. The molecule has 1 fully saturated rings. The van der Waals surface area contributed by atoms with Crippen LogP contribution in [0.2, 0.25) is 5.02 Å². The lowest BCUT2D eigenvalue weighted by molar-refractivity contribution is 0.237. The van der Waals surface area contributed by atoms with Gasteiger partial charge in [0.2, 0.25) is 0 Å². The Hall–Kier alpha value is -1.78. The Morgan fingerprint density at radius 3 is 2.56 bits per heavy atom. The van der Waals surface area contributed by atoms with Crippen molar-refractivity contribution >= 4 is 40.3 Å². The summed E-state index contributed by atoms with van der Waals surface area (Å²) >= 11 is 11.6. The Balaban J connectivity index is 1.54. The molecule has 0 saturated carbocycles. The second-order valence-corrected chi connectivity index (χ2v) is 7.18. The van der Waals surface area contributed by atoms with E-state index in [0.717, 1.165) is 35.3 Å². The van der Waals surface area contributed by atoms with Crippen molar-refractivity contribution in [3.05, 3.63) is 59.6 Å². The number of anilines is 2. The van der Waals surface area contributed by atoms with Crippen molar-refractivity contribution < 1.29 is 0 Å². The highest BCUT2D eigenvalue weighted by molar-refractivity contribution is 7.80. The monoisotopic (exact) mass is 373 g/mol. The zero-order valence-electron chi connectivity index (χ0n) is 14.2. The first-order valence-electron chi connectivity index (χ1n) is 8.84. The van der Waals surface area contributed by atoms with Crippen molar-refractivity contribution in [2.24, 2.45) is 0 Å². The van der Waals surface area contributed by atoms with Crippen LogP contribution in [0.3, 0.4) is 0 Å². The van der Waals surface area contributed by atoms with Gasteiger partial charge < -0.3 is 15.5 Å². The Bertz CT molecular complexity index is 675. The molecule has 1 aliphatic rings. The fourth-order valence-electron chi connectivity index (χ4n) is 3.24. The molecule has 1 heterocycles. The summed E-state index contributed by atoms with van der Waals surface area (Å²) < 4.78 is 0. The van der Waals surface area contributed by atoms with Crippen LogP contribution in [-0.2, 0) is 0 Å². The summed E-state index contributed by atoms with van der Waals surface area (Å²) in [6, 6.07) is 18.5. The van der Waals surface area contributed by atoms with Crippen LogP contribution in [0.25, 0.3) is 0 Å². The molecular weight excluding hydrogens is 350 g/mol. The molecule has 0 amide bonds. The summed E-state index contributed by atoms with van der Waals surface area (Å²) in [5, 5.41) is 8.40. The lowest BCUT2D eigenvalue weighted by Crippen LogP contribution is -2.46. The minimum Gasteiger partial charge on any atom is -0.385 e. The fraction of sp³-hybridized carbons (Fsp3) is 0.350. The number of thiocarbonyl (C=S) groups is 1. The van der Waals surface area contributed by atoms with Gasteiger partial charge in [-0.05, 0) is 74.3 Å². The minimum atomic E-state index is 0.484. The molecule has 0 bridgehead atoms. The largest absolute Gasteiger partial charge is 0.385 e. The van der Waals surface area contributed by atoms with Gasteiger partial charge in [0.15, 0.2) is 5.11 Å². The van der Waals surface area contributed by atoms with E-state index in [4.69, 9.17) is 23.8 Å². The van der Waals surface area contributed by atoms with Gasteiger partial charge in [0, 0.05) is 35.5 Å². The van der Waals surface area contributed by atoms with Crippen LogP contribution < -0.4 is 10.6 Å². The van der Waals surface area contributed by atoms with E-state index in [0.29, 0.717) is 6.04 Å². The van der Waals surface area contributed by atoms with Crippen LogP contribution in [0.4, 0.5) is 11.4 Å². The molecule has 132 valence electrons. The van der Waals surface area contributed by atoms with Crippen molar-refractivity contribution in [1.82, 2.24) is 4.90 Å². The molecule has 25 heavy (non-hydrogen) atoms. The molecule has 2 N–H and O–H groups in total. The number of piperidine rings is 1. The number of nitrogens with zero attached hydrogens (tertiary/aromatic N) is 1. The van der Waals surface area contributed by atoms with Gasteiger partial charge in [0.05, 0.1) is 0 Å². The number of para-hydroxylation sites is 1. The number of rotatable bonds is 5. The predicted molar refractivity (Wildman–Crippen MR) is 112 cm³/mol. The Labute approximate surface area is 160 Å². The second-order valence-electron chi connectivity index (χ2n) is 6.36. The summed E-state index contributed by atoms with van der Waals surface area (Å²) in [4.78, 5) is 2.35. The SMILES string of the molecule is S=C(Nc1ccc(Cl)cc1)N1CCCCC1CCNc1ccccc1. The summed E-state index contributed by atoms with van der Waals surface area (Å²) in [5.74, 6) is 0. The van der Waals surface area contributed by atoms with Crippen molar-refractivity contribution in [1.29, 1.82) is 0 Å². The summed E-state index contributed by atoms with van der Waals surface area (Å²) in [5.41, 5.74) is 2.16. The summed E-state index contributed by atoms with van der Waals surface area (Å²) in [6.07, 6.45) is 4.75. The maximum atomic E-state index is 5.95. The third-order valence-electron chi connectivity index (χ3n) is 4.56. The summed E-state index contributed by atoms with van der Waals surface area (Å²) in [6.45, 7) is 1.98.